The molecule has 1 heterocycles. The summed E-state index contributed by atoms with van der Waals surface area (Å²) in [6, 6.07) is 0. The third-order valence-electron chi connectivity index (χ3n) is 2.38. The standard InChI is InChI=1S/C10H17N3O/c1-4-8(2)10(14)13(3)7-9-5-11-12-6-9/h5-6,8H,4,7H2,1-3H3,(H,11,12). The second-order valence-corrected chi connectivity index (χ2v) is 3.61. The third kappa shape index (κ3) is 2.58. The van der Waals surface area contributed by atoms with Crippen LogP contribution in [0.4, 0.5) is 0 Å². The summed E-state index contributed by atoms with van der Waals surface area (Å²) in [4.78, 5) is 13.4. The second kappa shape index (κ2) is 4.79. The molecule has 0 saturated heterocycles. The SMILES string of the molecule is CCC(C)C(=O)N(C)Cc1cn[nH]c1. The zero-order valence-corrected chi connectivity index (χ0v) is 8.95. The molecular formula is C10H17N3O. The minimum atomic E-state index is 0.104. The van der Waals surface area contributed by atoms with Crippen LogP contribution in [-0.4, -0.2) is 28.1 Å². The van der Waals surface area contributed by atoms with E-state index in [1.165, 1.54) is 0 Å². The molecule has 4 nitrogen and oxygen atoms in total. The molecule has 0 radical (unpaired) electrons. The Morgan fingerprint density at radius 1 is 1.71 bits per heavy atom. The first-order valence-electron chi connectivity index (χ1n) is 4.87. The Hall–Kier alpha value is -1.32. The van der Waals surface area contributed by atoms with Gasteiger partial charge in [-0.15, -0.1) is 0 Å². The number of carbonyl (C=O) groups is 1. The van der Waals surface area contributed by atoms with Crippen molar-refractivity contribution in [3.63, 3.8) is 0 Å². The highest BCUT2D eigenvalue weighted by Gasteiger charge is 2.15. The van der Waals surface area contributed by atoms with Crippen LogP contribution in [0.15, 0.2) is 12.4 Å². The van der Waals surface area contributed by atoms with Crippen molar-refractivity contribution in [2.24, 2.45) is 5.92 Å². The average molecular weight is 195 g/mol. The lowest BCUT2D eigenvalue weighted by Crippen LogP contribution is -2.30. The van der Waals surface area contributed by atoms with Gasteiger partial charge in [-0.2, -0.15) is 5.10 Å². The van der Waals surface area contributed by atoms with E-state index in [4.69, 9.17) is 0 Å². The maximum Gasteiger partial charge on any atom is 0.225 e. The fourth-order valence-electron chi connectivity index (χ4n) is 1.27. The molecule has 1 N–H and O–H groups in total. The summed E-state index contributed by atoms with van der Waals surface area (Å²) in [7, 11) is 1.82. The molecule has 0 bridgehead atoms. The molecule has 0 aromatic carbocycles. The molecular weight excluding hydrogens is 178 g/mol. The van der Waals surface area contributed by atoms with Crippen LogP contribution in [0.25, 0.3) is 0 Å². The van der Waals surface area contributed by atoms with E-state index in [1.807, 2.05) is 20.9 Å². The maximum atomic E-state index is 11.7. The predicted molar refractivity (Wildman–Crippen MR) is 54.5 cm³/mol. The molecule has 0 aliphatic heterocycles. The average Bonchev–Trinajstić information content (AvgIpc) is 2.68. The minimum absolute atomic E-state index is 0.104. The lowest BCUT2D eigenvalue weighted by Gasteiger charge is -2.19. The molecule has 1 unspecified atom stereocenters. The zero-order valence-electron chi connectivity index (χ0n) is 8.95. The topological polar surface area (TPSA) is 49.0 Å². The summed E-state index contributed by atoms with van der Waals surface area (Å²) in [5.74, 6) is 0.292. The predicted octanol–water partition coefficient (Wildman–Crippen LogP) is 1.41. The molecule has 1 aromatic rings. The molecule has 1 rings (SSSR count). The first-order chi connectivity index (χ1) is 6.65. The minimum Gasteiger partial charge on any atom is -0.341 e. The van der Waals surface area contributed by atoms with Crippen molar-refractivity contribution in [2.45, 2.75) is 26.8 Å². The second-order valence-electron chi connectivity index (χ2n) is 3.61. The fourth-order valence-corrected chi connectivity index (χ4v) is 1.27. The lowest BCUT2D eigenvalue weighted by molar-refractivity contribution is -0.134. The third-order valence-corrected chi connectivity index (χ3v) is 2.38. The zero-order chi connectivity index (χ0) is 10.6. The van der Waals surface area contributed by atoms with Gasteiger partial charge in [0.25, 0.3) is 0 Å². The van der Waals surface area contributed by atoms with Crippen LogP contribution in [0.2, 0.25) is 0 Å². The Morgan fingerprint density at radius 2 is 2.43 bits per heavy atom. The maximum absolute atomic E-state index is 11.7. The van der Waals surface area contributed by atoms with Gasteiger partial charge in [-0.3, -0.25) is 9.89 Å². The highest BCUT2D eigenvalue weighted by Crippen LogP contribution is 2.08. The van der Waals surface area contributed by atoms with Crippen LogP contribution >= 0.6 is 0 Å². The van der Waals surface area contributed by atoms with Gasteiger partial charge in [-0.25, -0.2) is 0 Å². The number of hydrogen-bond acceptors (Lipinski definition) is 2. The van der Waals surface area contributed by atoms with Gasteiger partial charge in [0, 0.05) is 31.3 Å². The van der Waals surface area contributed by atoms with Crippen LogP contribution in [0, 0.1) is 5.92 Å². The van der Waals surface area contributed by atoms with Crippen molar-refractivity contribution in [3.8, 4) is 0 Å². The van der Waals surface area contributed by atoms with Gasteiger partial charge in [-0.1, -0.05) is 13.8 Å². The Labute approximate surface area is 84.3 Å². The smallest absolute Gasteiger partial charge is 0.225 e. The molecule has 0 aliphatic carbocycles. The van der Waals surface area contributed by atoms with Gasteiger partial charge in [-0.05, 0) is 6.42 Å². The van der Waals surface area contributed by atoms with Crippen molar-refractivity contribution in [2.75, 3.05) is 7.05 Å². The number of rotatable bonds is 4. The van der Waals surface area contributed by atoms with Crippen LogP contribution in [0.5, 0.6) is 0 Å². The molecule has 78 valence electrons. The van der Waals surface area contributed by atoms with E-state index in [0.717, 1.165) is 12.0 Å². The van der Waals surface area contributed by atoms with Gasteiger partial charge < -0.3 is 4.90 Å². The quantitative estimate of drug-likeness (QED) is 0.789. The monoisotopic (exact) mass is 195 g/mol. The number of H-pyrrole nitrogens is 1. The highest BCUT2D eigenvalue weighted by atomic mass is 16.2. The summed E-state index contributed by atoms with van der Waals surface area (Å²) in [5, 5.41) is 6.57. The van der Waals surface area contributed by atoms with Gasteiger partial charge in [0.2, 0.25) is 5.91 Å². The van der Waals surface area contributed by atoms with Crippen LogP contribution in [0.3, 0.4) is 0 Å². The molecule has 0 spiro atoms. The molecule has 0 saturated carbocycles. The Balaban J connectivity index is 2.50. The Morgan fingerprint density at radius 3 is 2.93 bits per heavy atom. The summed E-state index contributed by atoms with van der Waals surface area (Å²) in [5.41, 5.74) is 1.03. The summed E-state index contributed by atoms with van der Waals surface area (Å²) >= 11 is 0. The highest BCUT2D eigenvalue weighted by molar-refractivity contribution is 5.78. The van der Waals surface area contributed by atoms with Crippen molar-refractivity contribution < 1.29 is 4.79 Å². The van der Waals surface area contributed by atoms with E-state index in [1.54, 1.807) is 17.3 Å². The van der Waals surface area contributed by atoms with Crippen molar-refractivity contribution in [1.29, 1.82) is 0 Å². The first kappa shape index (κ1) is 10.8. The summed E-state index contributed by atoms with van der Waals surface area (Å²) < 4.78 is 0. The Bertz CT molecular complexity index is 282. The van der Waals surface area contributed by atoms with Crippen molar-refractivity contribution in [3.05, 3.63) is 18.0 Å². The lowest BCUT2D eigenvalue weighted by atomic mass is 10.1. The molecule has 0 fully saturated rings. The Kier molecular flexibility index (Phi) is 3.68. The van der Waals surface area contributed by atoms with Crippen LogP contribution in [-0.2, 0) is 11.3 Å². The normalized spacial score (nSPS) is 12.5. The molecule has 14 heavy (non-hydrogen) atoms. The van der Waals surface area contributed by atoms with Crippen molar-refractivity contribution >= 4 is 5.91 Å². The van der Waals surface area contributed by atoms with E-state index < -0.39 is 0 Å². The number of nitrogens with one attached hydrogen (secondary N) is 1. The molecule has 1 atom stereocenters. The van der Waals surface area contributed by atoms with Crippen LogP contribution in [0.1, 0.15) is 25.8 Å². The molecule has 4 heteroatoms. The van der Waals surface area contributed by atoms with Gasteiger partial charge in [0.15, 0.2) is 0 Å². The number of hydrogen-bond donors (Lipinski definition) is 1. The van der Waals surface area contributed by atoms with Gasteiger partial charge in [0.1, 0.15) is 0 Å². The number of aromatic nitrogens is 2. The van der Waals surface area contributed by atoms with E-state index in [0.29, 0.717) is 6.54 Å². The number of aromatic amines is 1. The molecule has 0 aliphatic rings. The first-order valence-corrected chi connectivity index (χ1v) is 4.87. The van der Waals surface area contributed by atoms with Gasteiger partial charge >= 0.3 is 0 Å². The number of nitrogens with zero attached hydrogens (tertiary/aromatic N) is 2. The van der Waals surface area contributed by atoms with E-state index in [2.05, 4.69) is 10.2 Å². The van der Waals surface area contributed by atoms with E-state index in [-0.39, 0.29) is 11.8 Å². The largest absolute Gasteiger partial charge is 0.341 e. The van der Waals surface area contributed by atoms with E-state index in [9.17, 15) is 4.79 Å². The molecule has 1 amide bonds. The van der Waals surface area contributed by atoms with Gasteiger partial charge in [0.05, 0.1) is 6.20 Å². The summed E-state index contributed by atoms with van der Waals surface area (Å²) in [6.45, 7) is 4.60. The van der Waals surface area contributed by atoms with Crippen molar-refractivity contribution in [1.82, 2.24) is 15.1 Å². The number of amides is 1. The number of carbonyl (C=O) groups excluding carboxylic acids is 1. The fraction of sp³-hybridized carbons (Fsp3) is 0.600. The summed E-state index contributed by atoms with van der Waals surface area (Å²) in [6.07, 6.45) is 4.43. The van der Waals surface area contributed by atoms with Crippen LogP contribution < -0.4 is 0 Å². The van der Waals surface area contributed by atoms with E-state index >= 15 is 0 Å². The molecule has 1 aromatic heterocycles.